The predicted molar refractivity (Wildman–Crippen MR) is 85.9 cm³/mol. The molecule has 1 heterocycles. The Kier molecular flexibility index (Phi) is 5.58. The van der Waals surface area contributed by atoms with Crippen LogP contribution in [0.2, 0.25) is 0 Å². The van der Waals surface area contributed by atoms with Crippen LogP contribution >= 0.6 is 0 Å². The standard InChI is InChI=1S/C18H25NO3/c1-13(2)8-9-16-7-4-10-19(16)17(20)12-14-5-3-6-15(11-14)18(21)22/h3,5-6,11,13,16H,4,7-10,12H2,1-2H3,(H,21,22). The highest BCUT2D eigenvalue weighted by Crippen LogP contribution is 2.24. The van der Waals surface area contributed by atoms with E-state index in [1.807, 2.05) is 11.0 Å². The fraction of sp³-hybridized carbons (Fsp3) is 0.556. The number of carboxylic acid groups (broad SMARTS) is 1. The van der Waals surface area contributed by atoms with Gasteiger partial charge in [0.15, 0.2) is 0 Å². The van der Waals surface area contributed by atoms with Gasteiger partial charge in [0.05, 0.1) is 12.0 Å². The number of likely N-dealkylation sites (tertiary alicyclic amines) is 1. The second kappa shape index (κ2) is 7.43. The summed E-state index contributed by atoms with van der Waals surface area (Å²) in [5.41, 5.74) is 1.02. The van der Waals surface area contributed by atoms with E-state index in [1.165, 1.54) is 0 Å². The third-order valence-electron chi connectivity index (χ3n) is 4.30. The first kappa shape index (κ1) is 16.5. The Hall–Kier alpha value is -1.84. The quantitative estimate of drug-likeness (QED) is 0.876. The molecule has 0 aromatic heterocycles. The highest BCUT2D eigenvalue weighted by atomic mass is 16.4. The lowest BCUT2D eigenvalue weighted by molar-refractivity contribution is -0.131. The SMILES string of the molecule is CC(C)CCC1CCCN1C(=O)Cc1cccc(C(=O)O)c1. The minimum atomic E-state index is -0.953. The van der Waals surface area contributed by atoms with Gasteiger partial charge in [0.2, 0.25) is 5.91 Å². The zero-order chi connectivity index (χ0) is 16.1. The Morgan fingerprint density at radius 2 is 2.14 bits per heavy atom. The molecular weight excluding hydrogens is 278 g/mol. The summed E-state index contributed by atoms with van der Waals surface area (Å²) >= 11 is 0. The fourth-order valence-electron chi connectivity index (χ4n) is 3.08. The van der Waals surface area contributed by atoms with Crippen LogP contribution in [0.3, 0.4) is 0 Å². The number of hydrogen-bond acceptors (Lipinski definition) is 2. The minimum Gasteiger partial charge on any atom is -0.478 e. The first-order valence-corrected chi connectivity index (χ1v) is 8.09. The lowest BCUT2D eigenvalue weighted by Crippen LogP contribution is -2.36. The van der Waals surface area contributed by atoms with E-state index < -0.39 is 5.97 Å². The van der Waals surface area contributed by atoms with Gasteiger partial charge in [-0.25, -0.2) is 4.79 Å². The molecule has 0 spiro atoms. The third-order valence-corrected chi connectivity index (χ3v) is 4.30. The van der Waals surface area contributed by atoms with Crippen LogP contribution < -0.4 is 0 Å². The number of rotatable bonds is 6. The highest BCUT2D eigenvalue weighted by molar-refractivity contribution is 5.88. The first-order valence-electron chi connectivity index (χ1n) is 8.09. The van der Waals surface area contributed by atoms with Crippen molar-refractivity contribution in [1.82, 2.24) is 4.90 Å². The Morgan fingerprint density at radius 3 is 2.82 bits per heavy atom. The summed E-state index contributed by atoms with van der Waals surface area (Å²) < 4.78 is 0. The summed E-state index contributed by atoms with van der Waals surface area (Å²) in [6, 6.07) is 7.03. The number of amides is 1. The van der Waals surface area contributed by atoms with Gasteiger partial charge in [-0.2, -0.15) is 0 Å². The number of carbonyl (C=O) groups is 2. The van der Waals surface area contributed by atoms with Crippen LogP contribution in [-0.4, -0.2) is 34.5 Å². The van der Waals surface area contributed by atoms with E-state index in [9.17, 15) is 9.59 Å². The van der Waals surface area contributed by atoms with Gasteiger partial charge in [0.25, 0.3) is 0 Å². The van der Waals surface area contributed by atoms with E-state index in [0.717, 1.165) is 37.8 Å². The smallest absolute Gasteiger partial charge is 0.335 e. The second-order valence-electron chi connectivity index (χ2n) is 6.54. The van der Waals surface area contributed by atoms with E-state index in [4.69, 9.17) is 5.11 Å². The Labute approximate surface area is 132 Å². The summed E-state index contributed by atoms with van der Waals surface area (Å²) in [6.45, 7) is 5.25. The van der Waals surface area contributed by atoms with Crippen molar-refractivity contribution in [3.63, 3.8) is 0 Å². The van der Waals surface area contributed by atoms with Gasteiger partial charge in [-0.1, -0.05) is 26.0 Å². The average molecular weight is 303 g/mol. The van der Waals surface area contributed by atoms with Crippen molar-refractivity contribution in [2.24, 2.45) is 5.92 Å². The Balaban J connectivity index is 1.98. The van der Waals surface area contributed by atoms with Crippen LogP contribution in [0.25, 0.3) is 0 Å². The minimum absolute atomic E-state index is 0.119. The van der Waals surface area contributed by atoms with Crippen molar-refractivity contribution in [1.29, 1.82) is 0 Å². The Bertz CT molecular complexity index is 539. The number of benzene rings is 1. The molecule has 4 nitrogen and oxygen atoms in total. The van der Waals surface area contributed by atoms with Crippen molar-refractivity contribution in [2.45, 2.75) is 52.0 Å². The monoisotopic (exact) mass is 303 g/mol. The van der Waals surface area contributed by atoms with Gasteiger partial charge < -0.3 is 10.0 Å². The molecule has 2 rings (SSSR count). The molecule has 0 bridgehead atoms. The van der Waals surface area contributed by atoms with Crippen LogP contribution in [-0.2, 0) is 11.2 Å². The number of nitrogens with zero attached hydrogens (tertiary/aromatic N) is 1. The lowest BCUT2D eigenvalue weighted by Gasteiger charge is -2.25. The number of aromatic carboxylic acids is 1. The molecule has 1 fully saturated rings. The number of hydrogen-bond donors (Lipinski definition) is 1. The van der Waals surface area contributed by atoms with Crippen LogP contribution in [0.1, 0.15) is 55.5 Å². The third kappa shape index (κ3) is 4.33. The van der Waals surface area contributed by atoms with E-state index in [-0.39, 0.29) is 11.5 Å². The molecule has 0 saturated carbocycles. The Morgan fingerprint density at radius 1 is 1.36 bits per heavy atom. The van der Waals surface area contributed by atoms with E-state index in [2.05, 4.69) is 13.8 Å². The zero-order valence-corrected chi connectivity index (χ0v) is 13.4. The first-order chi connectivity index (χ1) is 10.5. The normalized spacial score (nSPS) is 18.0. The van der Waals surface area contributed by atoms with Crippen molar-refractivity contribution < 1.29 is 14.7 Å². The molecule has 0 radical (unpaired) electrons. The zero-order valence-electron chi connectivity index (χ0n) is 13.4. The molecule has 0 aliphatic carbocycles. The molecule has 1 saturated heterocycles. The van der Waals surface area contributed by atoms with Gasteiger partial charge in [-0.3, -0.25) is 4.79 Å². The molecule has 1 aromatic rings. The summed E-state index contributed by atoms with van der Waals surface area (Å²) in [6.07, 6.45) is 4.66. The maximum atomic E-state index is 12.5. The molecule has 1 aromatic carbocycles. The lowest BCUT2D eigenvalue weighted by atomic mass is 10.0. The average Bonchev–Trinajstić information content (AvgIpc) is 2.93. The molecule has 1 aliphatic rings. The fourth-order valence-corrected chi connectivity index (χ4v) is 3.08. The molecule has 1 amide bonds. The van der Waals surface area contributed by atoms with Crippen molar-refractivity contribution in [3.05, 3.63) is 35.4 Å². The largest absolute Gasteiger partial charge is 0.478 e. The molecule has 1 unspecified atom stereocenters. The number of carboxylic acids is 1. The molecule has 1 atom stereocenters. The number of carbonyl (C=O) groups excluding carboxylic acids is 1. The molecule has 1 N–H and O–H groups in total. The van der Waals surface area contributed by atoms with Crippen molar-refractivity contribution in [2.75, 3.05) is 6.54 Å². The molecule has 4 heteroatoms. The van der Waals surface area contributed by atoms with Crippen LogP contribution in [0, 0.1) is 5.92 Å². The highest BCUT2D eigenvalue weighted by Gasteiger charge is 2.28. The summed E-state index contributed by atoms with van der Waals surface area (Å²) in [5, 5.41) is 9.02. The van der Waals surface area contributed by atoms with Gasteiger partial charge in [0.1, 0.15) is 0 Å². The van der Waals surface area contributed by atoms with Gasteiger partial charge in [0, 0.05) is 12.6 Å². The summed E-state index contributed by atoms with van der Waals surface area (Å²) in [4.78, 5) is 25.5. The maximum Gasteiger partial charge on any atom is 0.335 e. The van der Waals surface area contributed by atoms with E-state index in [1.54, 1.807) is 18.2 Å². The van der Waals surface area contributed by atoms with Crippen LogP contribution in [0.5, 0.6) is 0 Å². The summed E-state index contributed by atoms with van der Waals surface area (Å²) in [7, 11) is 0. The topological polar surface area (TPSA) is 57.6 Å². The van der Waals surface area contributed by atoms with Gasteiger partial charge in [-0.15, -0.1) is 0 Å². The van der Waals surface area contributed by atoms with Crippen molar-refractivity contribution in [3.8, 4) is 0 Å². The molecule has 22 heavy (non-hydrogen) atoms. The predicted octanol–water partition coefficient (Wildman–Crippen LogP) is 3.35. The molecular formula is C18H25NO3. The van der Waals surface area contributed by atoms with Crippen LogP contribution in [0.4, 0.5) is 0 Å². The van der Waals surface area contributed by atoms with Crippen LogP contribution in [0.15, 0.2) is 24.3 Å². The van der Waals surface area contributed by atoms with E-state index >= 15 is 0 Å². The van der Waals surface area contributed by atoms with Gasteiger partial charge in [-0.05, 0) is 49.3 Å². The second-order valence-corrected chi connectivity index (χ2v) is 6.54. The molecule has 120 valence electrons. The van der Waals surface area contributed by atoms with Crippen molar-refractivity contribution >= 4 is 11.9 Å². The summed E-state index contributed by atoms with van der Waals surface area (Å²) in [5.74, 6) is -0.177. The maximum absolute atomic E-state index is 12.5. The van der Waals surface area contributed by atoms with Gasteiger partial charge >= 0.3 is 5.97 Å². The molecule has 1 aliphatic heterocycles. The van der Waals surface area contributed by atoms with E-state index in [0.29, 0.717) is 18.4 Å².